The van der Waals surface area contributed by atoms with Gasteiger partial charge in [0.05, 0.1) is 24.0 Å². The fraction of sp³-hybridized carbons (Fsp3) is 0.375. The number of aliphatic hydroxyl groups is 2. The highest BCUT2D eigenvalue weighted by Gasteiger charge is 2.47. The van der Waals surface area contributed by atoms with Crippen LogP contribution in [0.1, 0.15) is 121 Å². The molecule has 4 heterocycles. The number of aliphatic hydroxyl groups excluding tert-OH is 2. The average molecular weight is 1770 g/mol. The van der Waals surface area contributed by atoms with Crippen LogP contribution in [0.25, 0.3) is 32.4 Å². The average Bonchev–Trinajstić information content (AvgIpc) is 1.58. The predicted octanol–water partition coefficient (Wildman–Crippen LogP) is 6.31. The third kappa shape index (κ3) is 24.0. The number of rotatable bonds is 15. The van der Waals surface area contributed by atoms with Crippen molar-refractivity contribution in [1.82, 2.24) is 58.2 Å². The number of hydrogen-bond donors (Lipinski definition) is 18. The maximum absolute atomic E-state index is 15.3. The fourth-order valence-corrected chi connectivity index (χ4v) is 17.3. The van der Waals surface area contributed by atoms with E-state index in [2.05, 4.69) is 175 Å². The molecule has 18 N–H and O–H groups in total. The number of nitrogens with two attached hydrogens (primary N) is 2. The number of hydrogen-bond acceptors (Lipinski definition) is 18. The molecule has 0 bridgehead atoms. The second-order valence-corrected chi connectivity index (χ2v) is 34.2. The summed E-state index contributed by atoms with van der Waals surface area (Å²) in [5.74, 6) is -10.1. The van der Waals surface area contributed by atoms with Gasteiger partial charge in [0.2, 0.25) is 70.7 Å². The fourth-order valence-electron chi connectivity index (χ4n) is 16.8. The molecule has 11 atom stereocenters. The Labute approximate surface area is 749 Å². The zero-order valence-corrected chi connectivity index (χ0v) is 74.0. The third-order valence-electron chi connectivity index (χ3n) is 23.5. The number of thiol groups is 2. The Bertz CT molecular complexity index is 5510. The van der Waals surface area contributed by atoms with Crippen LogP contribution in [0, 0.1) is 0 Å². The van der Waals surface area contributed by atoms with E-state index in [9.17, 15) is 53.7 Å². The molecule has 0 saturated heterocycles. The van der Waals surface area contributed by atoms with Crippen molar-refractivity contribution in [1.29, 1.82) is 0 Å². The Balaban J connectivity index is 0.912. The number of fused-ring (bicyclic) bond motifs is 10. The van der Waals surface area contributed by atoms with Crippen LogP contribution in [0.15, 0.2) is 206 Å². The summed E-state index contributed by atoms with van der Waals surface area (Å²) < 4.78 is 2.13. The number of unbranched alkanes of at least 4 members (excludes halogenated alkanes) is 1. The largest absolute Gasteiger partial charge is 0.508 e. The lowest BCUT2D eigenvalue weighted by molar-refractivity contribution is -0.436. The molecule has 670 valence electrons. The van der Waals surface area contributed by atoms with Crippen molar-refractivity contribution >= 4 is 140 Å². The maximum Gasteiger partial charge on any atom is 0.245 e. The Morgan fingerprint density at radius 1 is 0.520 bits per heavy atom. The number of para-hydroxylation sites is 1. The van der Waals surface area contributed by atoms with Crippen molar-refractivity contribution in [2.75, 3.05) is 42.6 Å². The number of aromatic amines is 1. The van der Waals surface area contributed by atoms with Gasteiger partial charge >= 0.3 is 0 Å². The lowest BCUT2D eigenvalue weighted by Crippen LogP contribution is -2.63. The van der Waals surface area contributed by atoms with Crippen molar-refractivity contribution in [3.05, 3.63) is 234 Å². The summed E-state index contributed by atoms with van der Waals surface area (Å²) >= 11 is 8.85. The number of carbonyl (C=O) groups is 11. The molecule has 3 aliphatic heterocycles. The van der Waals surface area contributed by atoms with E-state index in [4.69, 9.17) is 11.5 Å². The lowest BCUT2D eigenvalue weighted by Gasteiger charge is -2.29. The molecule has 31 heteroatoms. The molecule has 3 aliphatic rings. The smallest absolute Gasteiger partial charge is 0.245 e. The summed E-state index contributed by atoms with van der Waals surface area (Å²) in [4.78, 5) is 165. The highest BCUT2D eigenvalue weighted by atomic mass is 32.1. The minimum atomic E-state index is -1.84. The molecule has 8 aromatic rings. The zero-order chi connectivity index (χ0) is 91.2. The Kier molecular flexibility index (Phi) is 33.1. The third-order valence-corrected chi connectivity index (χ3v) is 24.2. The zero-order valence-electron chi connectivity index (χ0n) is 72.2. The number of aromatic hydroxyl groups is 1. The maximum atomic E-state index is 15.3. The quantitative estimate of drug-likeness (QED) is 0.0303. The summed E-state index contributed by atoms with van der Waals surface area (Å²) in [6.07, 6.45) is 12.9. The highest BCUT2D eigenvalue weighted by Crippen LogP contribution is 2.51. The van der Waals surface area contributed by atoms with Crippen LogP contribution in [0.5, 0.6) is 5.75 Å². The van der Waals surface area contributed by atoms with E-state index in [1.165, 1.54) is 38.1 Å². The molecular formula is C96H116N15O14S2+. The molecule has 0 unspecified atom stereocenters. The number of phenolic OH excluding ortho intramolecular Hbond substituents is 1. The van der Waals surface area contributed by atoms with Crippen LogP contribution in [0.4, 0.5) is 11.4 Å². The van der Waals surface area contributed by atoms with E-state index in [1.54, 1.807) is 54.7 Å². The summed E-state index contributed by atoms with van der Waals surface area (Å²) in [6, 6.07) is 32.9. The van der Waals surface area contributed by atoms with Crippen LogP contribution in [-0.2, 0) is 82.8 Å². The monoisotopic (exact) mass is 1770 g/mol. The number of amides is 11. The first kappa shape index (κ1) is 95.2. The number of allylic oxidation sites excluding steroid dienone is 8. The van der Waals surface area contributed by atoms with Crippen LogP contribution in [0.3, 0.4) is 0 Å². The van der Waals surface area contributed by atoms with Gasteiger partial charge in [-0.1, -0.05) is 159 Å². The second-order valence-electron chi connectivity index (χ2n) is 33.4. The van der Waals surface area contributed by atoms with Gasteiger partial charge in [-0.2, -0.15) is 29.8 Å². The molecule has 127 heavy (non-hydrogen) atoms. The van der Waals surface area contributed by atoms with Crippen LogP contribution in [0.2, 0.25) is 0 Å². The summed E-state index contributed by atoms with van der Waals surface area (Å²) in [5.41, 5.74) is 18.9. The second kappa shape index (κ2) is 44.1. The number of H-pyrrole nitrogens is 1. The number of nitrogens with one attached hydrogen (secondary N) is 11. The van der Waals surface area contributed by atoms with Gasteiger partial charge < -0.3 is 89.8 Å². The van der Waals surface area contributed by atoms with Crippen molar-refractivity contribution < 1.29 is 72.6 Å². The minimum absolute atomic E-state index is 0.00332. The van der Waals surface area contributed by atoms with Crippen molar-refractivity contribution in [2.24, 2.45) is 11.5 Å². The predicted molar refractivity (Wildman–Crippen MR) is 497 cm³/mol. The van der Waals surface area contributed by atoms with Gasteiger partial charge in [-0.05, 0) is 153 Å². The highest BCUT2D eigenvalue weighted by molar-refractivity contribution is 7.80. The number of benzene rings is 7. The number of carbonyl (C=O) groups excluding carboxylic acids is 11. The van der Waals surface area contributed by atoms with Gasteiger partial charge in [0.25, 0.3) is 0 Å². The molecule has 0 aliphatic carbocycles. The van der Waals surface area contributed by atoms with Gasteiger partial charge in [0, 0.05) is 102 Å². The van der Waals surface area contributed by atoms with Gasteiger partial charge in [-0.3, -0.25) is 52.7 Å². The van der Waals surface area contributed by atoms with Crippen molar-refractivity contribution in [3.63, 3.8) is 0 Å². The molecule has 1 aromatic heterocycles. The Morgan fingerprint density at radius 3 is 1.67 bits per heavy atom. The first-order valence-corrected chi connectivity index (χ1v) is 44.3. The van der Waals surface area contributed by atoms with E-state index in [0.29, 0.717) is 47.0 Å². The molecule has 11 rings (SSSR count). The van der Waals surface area contributed by atoms with Crippen molar-refractivity contribution in [2.45, 2.75) is 190 Å². The standard InChI is InChI=1S/C96H115N15O14S2/c1-57(112)84-93(124)102-69(86(98)117)33-22-24-48-99-80(115)45-49-110-76-43-39-61-27-15-17-30-66(61)82(76)95(3,4)78(110)35-13-8-7-9-14-36-79-96(5,6)83-67-31-18-16-28-62(67)40-44-77(83)111(79)50-46-81(116)101-71(51-59-25-11-10-12-26-59)88(119)106-74(55-126)91(122)104-72(52-60-37-41-64(114)42-38-60)89(120)105-73(53-63-54-100-68-32-20-19-29-65(63)68)90(121)103-70(34-21-23-47-97)87(118)108-85(58(2)113)94(125)107-75(56-127)92(123)109-84/h7-20,25-32,35-44,54,57-58,69-75,84-85,100,112-113H,21-24,33-34,45-53,55-56,97H2,1-6H3,(H14-,98,99,101,102,103,104,105,106,107,108,109,114,115,116,117,118,119,120,121,122,123,124,125,126,127)/p+1/t57-,58-,69+,70+,71-,72+,73-,74+,75+,84+,85+/m1/s1. The topological polar surface area (TPSA) is 443 Å². The normalized spacial score (nSPS) is 23.9. The van der Waals surface area contributed by atoms with Gasteiger partial charge in [-0.15, -0.1) is 0 Å². The lowest BCUT2D eigenvalue weighted by atomic mass is 9.79. The van der Waals surface area contributed by atoms with Crippen molar-refractivity contribution in [3.8, 4) is 5.75 Å². The molecular weight excluding hydrogens is 1650 g/mol. The molecule has 0 radical (unpaired) electrons. The van der Waals surface area contributed by atoms with Crippen LogP contribution >= 0.6 is 25.3 Å². The molecule has 0 saturated carbocycles. The van der Waals surface area contributed by atoms with Crippen LogP contribution < -0.4 is 69.5 Å². The molecule has 7 aromatic carbocycles. The summed E-state index contributed by atoms with van der Waals surface area (Å²) in [7, 11) is 0. The van der Waals surface area contributed by atoms with Gasteiger partial charge in [0.15, 0.2) is 12.3 Å². The number of nitrogens with zero attached hydrogens (tertiary/aromatic N) is 2. The number of anilines is 1. The van der Waals surface area contributed by atoms with E-state index in [0.717, 1.165) is 55.5 Å². The van der Waals surface area contributed by atoms with E-state index in [-0.39, 0.29) is 94.8 Å². The SMILES string of the molecule is C[C@@H](O)[C@@H]1NC(=O)[C@H](CS)NC(=O)[C@H]([C@@H](C)O)NC(=O)[C@H](CCCCN)NC(=O)[C@@H](Cc2c[nH]c3ccccc23)NC(=O)[C@H](Cc2ccc(O)cc2)NC(=O)[C@H](CS)NC(=O)[C@@H](Cc2ccccc2)NC(=O)CC[N+]2=C(/C=C/C=C/C=C/C=C3/N(CCC(=O)NCCCC[C@@H](C(N)=O)NC1=O)c1ccc4ccccc4c1C3(C)C)C(C)(C)c1c2ccc2ccccc12. The molecule has 29 nitrogen and oxygen atoms in total. The summed E-state index contributed by atoms with van der Waals surface area (Å²) in [6.45, 7) is 11.9. The van der Waals surface area contributed by atoms with E-state index < -0.39 is 142 Å². The number of phenols is 1. The first-order valence-electron chi connectivity index (χ1n) is 43.0. The molecule has 11 amide bonds. The Hall–Kier alpha value is -12.4. The number of aromatic nitrogens is 1. The van der Waals surface area contributed by atoms with Crippen LogP contribution in [-0.4, -0.2) is 200 Å². The van der Waals surface area contributed by atoms with Gasteiger partial charge in [0.1, 0.15) is 60.1 Å². The molecule has 0 spiro atoms. The summed E-state index contributed by atoms with van der Waals surface area (Å²) in [5, 5.41) is 64.5. The van der Waals surface area contributed by atoms with E-state index >= 15 is 14.4 Å². The Morgan fingerprint density at radius 2 is 1.04 bits per heavy atom. The first-order chi connectivity index (χ1) is 60.9. The van der Waals surface area contributed by atoms with Gasteiger partial charge in [-0.25, -0.2) is 0 Å². The number of primary amides is 1. The van der Waals surface area contributed by atoms with E-state index in [1.807, 2.05) is 66.8 Å². The minimum Gasteiger partial charge on any atom is -0.508 e. The molecule has 0 fully saturated rings.